The van der Waals surface area contributed by atoms with Crippen molar-refractivity contribution in [3.05, 3.63) is 59.4 Å². The topological polar surface area (TPSA) is 128 Å². The van der Waals surface area contributed by atoms with Crippen LogP contribution in [-0.2, 0) is 28.6 Å². The third-order valence-electron chi connectivity index (χ3n) is 5.08. The van der Waals surface area contributed by atoms with Gasteiger partial charge in [-0.05, 0) is 19.9 Å². The number of ketones is 2. The fraction of sp³-hybridized carbons (Fsp3) is 0.333. The van der Waals surface area contributed by atoms with E-state index < -0.39 is 40.9 Å². The van der Waals surface area contributed by atoms with Gasteiger partial charge in [-0.15, -0.1) is 0 Å². The molecule has 1 fully saturated rings. The first kappa shape index (κ1) is 21.4. The second kappa shape index (κ2) is 7.85. The lowest BCUT2D eigenvalue weighted by atomic mass is 9.85. The Hall–Kier alpha value is -3.30. The molecule has 1 aromatic carbocycles. The summed E-state index contributed by atoms with van der Waals surface area (Å²) >= 11 is 0. The molecule has 1 aromatic rings. The highest BCUT2D eigenvalue weighted by Gasteiger charge is 2.73. The first-order valence-electron chi connectivity index (χ1n) is 9.19. The predicted molar refractivity (Wildman–Crippen MR) is 102 cm³/mol. The Labute approximate surface area is 172 Å². The van der Waals surface area contributed by atoms with Crippen molar-refractivity contribution in [3.63, 3.8) is 0 Å². The molecule has 1 spiro atoms. The molecule has 2 N–H and O–H groups in total. The SMILES string of the molecule is CCOC(=O)/C=C/C1=C(C)C(=O)[C@]2(O1)C(=O)N[C@@](OC)(C(=O)c1ccccc1)[C@@H]2O. The molecule has 9 nitrogen and oxygen atoms in total. The standard InChI is InChI=1S/C21H21NO8/c1-4-29-15(23)11-10-14-12(2)16(24)20(30-14)18(26)21(28-3,22-19(20)27)17(25)13-8-6-5-7-9-13/h5-11,18,26H,4H2,1-3H3,(H,22,27)/b11-10+/t18-,20-,21-/m1/s1. The van der Waals surface area contributed by atoms with E-state index >= 15 is 0 Å². The number of allylic oxidation sites excluding steroid dienone is 1. The Kier molecular flexibility index (Phi) is 5.60. The van der Waals surface area contributed by atoms with Gasteiger partial charge >= 0.3 is 5.97 Å². The van der Waals surface area contributed by atoms with Crippen LogP contribution in [0.1, 0.15) is 24.2 Å². The molecule has 2 aliphatic rings. The van der Waals surface area contributed by atoms with Crippen molar-refractivity contribution >= 4 is 23.4 Å². The summed E-state index contributed by atoms with van der Waals surface area (Å²) in [6.07, 6.45) is 0.212. The molecule has 1 saturated heterocycles. The van der Waals surface area contributed by atoms with Gasteiger partial charge in [0, 0.05) is 24.3 Å². The summed E-state index contributed by atoms with van der Waals surface area (Å²) in [5, 5.41) is 13.3. The molecule has 9 heteroatoms. The minimum atomic E-state index is -2.42. The number of rotatable bonds is 6. The van der Waals surface area contributed by atoms with Crippen LogP contribution in [0.15, 0.2) is 53.8 Å². The lowest BCUT2D eigenvalue weighted by Gasteiger charge is -2.32. The Bertz CT molecular complexity index is 966. The maximum atomic E-state index is 13.1. The van der Waals surface area contributed by atoms with Gasteiger partial charge in [-0.25, -0.2) is 4.79 Å². The molecule has 158 valence electrons. The lowest BCUT2D eigenvalue weighted by Crippen LogP contribution is -2.60. The molecule has 3 rings (SSSR count). The Morgan fingerprint density at radius 1 is 1.27 bits per heavy atom. The van der Waals surface area contributed by atoms with E-state index in [9.17, 15) is 24.3 Å². The van der Waals surface area contributed by atoms with Crippen LogP contribution in [0, 0.1) is 0 Å². The van der Waals surface area contributed by atoms with Crippen molar-refractivity contribution < 1.29 is 38.5 Å². The molecule has 0 aromatic heterocycles. The summed E-state index contributed by atoms with van der Waals surface area (Å²) in [6, 6.07) is 7.89. The van der Waals surface area contributed by atoms with Gasteiger partial charge in [-0.2, -0.15) is 0 Å². The van der Waals surface area contributed by atoms with Crippen molar-refractivity contribution in [3.8, 4) is 0 Å². The molecule has 0 bridgehead atoms. The van der Waals surface area contributed by atoms with Gasteiger partial charge in [0.2, 0.25) is 17.3 Å². The molecule has 3 atom stereocenters. The number of carbonyl (C=O) groups excluding carboxylic acids is 4. The molecule has 0 saturated carbocycles. The number of benzene rings is 1. The van der Waals surface area contributed by atoms with E-state index in [1.54, 1.807) is 25.1 Å². The Morgan fingerprint density at radius 3 is 2.53 bits per heavy atom. The third-order valence-corrected chi connectivity index (χ3v) is 5.08. The van der Waals surface area contributed by atoms with Gasteiger partial charge in [0.05, 0.1) is 6.61 Å². The van der Waals surface area contributed by atoms with E-state index in [4.69, 9.17) is 14.2 Å². The monoisotopic (exact) mass is 415 g/mol. The number of ether oxygens (including phenoxy) is 3. The highest BCUT2D eigenvalue weighted by molar-refractivity contribution is 6.23. The molecular formula is C21H21NO8. The second-order valence-corrected chi connectivity index (χ2v) is 6.73. The zero-order chi connectivity index (χ0) is 22.1. The number of amides is 1. The minimum absolute atomic E-state index is 0.00353. The van der Waals surface area contributed by atoms with Crippen molar-refractivity contribution in [2.45, 2.75) is 31.3 Å². The summed E-state index contributed by atoms with van der Waals surface area (Å²) in [4.78, 5) is 50.5. The number of aliphatic hydroxyl groups excluding tert-OH is 1. The average molecular weight is 415 g/mol. The fourth-order valence-electron chi connectivity index (χ4n) is 3.49. The smallest absolute Gasteiger partial charge is 0.330 e. The van der Waals surface area contributed by atoms with Gasteiger partial charge in [0.25, 0.3) is 11.5 Å². The number of esters is 1. The van der Waals surface area contributed by atoms with E-state index in [1.165, 1.54) is 25.1 Å². The summed E-state index contributed by atoms with van der Waals surface area (Å²) < 4.78 is 15.6. The van der Waals surface area contributed by atoms with Crippen molar-refractivity contribution in [1.82, 2.24) is 5.32 Å². The molecule has 0 aliphatic carbocycles. The van der Waals surface area contributed by atoms with Gasteiger partial charge in [0.15, 0.2) is 6.10 Å². The number of hydrogen-bond acceptors (Lipinski definition) is 8. The van der Waals surface area contributed by atoms with Gasteiger partial charge < -0.3 is 24.6 Å². The highest BCUT2D eigenvalue weighted by atomic mass is 16.6. The van der Waals surface area contributed by atoms with Gasteiger partial charge in [0.1, 0.15) is 5.76 Å². The van der Waals surface area contributed by atoms with Gasteiger partial charge in [-0.3, -0.25) is 14.4 Å². The number of Topliss-reactive ketones (excluding diaryl/α,β-unsaturated/α-hetero) is 2. The number of carbonyl (C=O) groups is 4. The van der Waals surface area contributed by atoms with Crippen molar-refractivity contribution in [2.24, 2.45) is 0 Å². The van der Waals surface area contributed by atoms with Crippen LogP contribution in [0.25, 0.3) is 0 Å². The van der Waals surface area contributed by atoms with E-state index in [0.717, 1.165) is 13.2 Å². The van der Waals surface area contributed by atoms with Crippen LogP contribution in [0.3, 0.4) is 0 Å². The summed E-state index contributed by atoms with van der Waals surface area (Å²) in [7, 11) is 1.13. The summed E-state index contributed by atoms with van der Waals surface area (Å²) in [5.41, 5.74) is -4.48. The Morgan fingerprint density at radius 2 is 1.93 bits per heavy atom. The average Bonchev–Trinajstić information content (AvgIpc) is 3.14. The quantitative estimate of drug-likeness (QED) is 0.296. The molecule has 1 amide bonds. The lowest BCUT2D eigenvalue weighted by molar-refractivity contribution is -0.159. The van der Waals surface area contributed by atoms with Crippen molar-refractivity contribution in [2.75, 3.05) is 13.7 Å². The van der Waals surface area contributed by atoms with Crippen LogP contribution in [-0.4, -0.2) is 59.7 Å². The molecule has 0 unspecified atom stereocenters. The number of methoxy groups -OCH3 is 1. The number of hydrogen-bond donors (Lipinski definition) is 2. The van der Waals surface area contributed by atoms with Crippen molar-refractivity contribution in [1.29, 1.82) is 0 Å². The fourth-order valence-corrected chi connectivity index (χ4v) is 3.49. The maximum absolute atomic E-state index is 13.1. The summed E-state index contributed by atoms with van der Waals surface area (Å²) in [5.74, 6) is -3.37. The largest absolute Gasteiger partial charge is 0.466 e. The molecule has 2 heterocycles. The zero-order valence-electron chi connectivity index (χ0n) is 16.6. The van der Waals surface area contributed by atoms with Crippen LogP contribution >= 0.6 is 0 Å². The second-order valence-electron chi connectivity index (χ2n) is 6.73. The number of aliphatic hydroxyl groups is 1. The zero-order valence-corrected chi connectivity index (χ0v) is 16.6. The first-order valence-corrected chi connectivity index (χ1v) is 9.19. The molecular weight excluding hydrogens is 394 g/mol. The molecule has 2 aliphatic heterocycles. The van der Waals surface area contributed by atoms with Crippen LogP contribution in [0.4, 0.5) is 0 Å². The minimum Gasteiger partial charge on any atom is -0.466 e. The Balaban J connectivity index is 1.97. The van der Waals surface area contributed by atoms with Crippen LogP contribution in [0.5, 0.6) is 0 Å². The molecule has 30 heavy (non-hydrogen) atoms. The molecule has 0 radical (unpaired) electrons. The summed E-state index contributed by atoms with van der Waals surface area (Å²) in [6.45, 7) is 3.17. The van der Waals surface area contributed by atoms with Gasteiger partial charge in [-0.1, -0.05) is 30.3 Å². The van der Waals surface area contributed by atoms with E-state index in [1.807, 2.05) is 0 Å². The maximum Gasteiger partial charge on any atom is 0.330 e. The van der Waals surface area contributed by atoms with E-state index in [2.05, 4.69) is 5.32 Å². The third kappa shape index (κ3) is 3.03. The first-order chi connectivity index (χ1) is 14.2. The number of nitrogens with one attached hydrogen (secondary N) is 1. The van der Waals surface area contributed by atoms with E-state index in [-0.39, 0.29) is 23.5 Å². The van der Waals surface area contributed by atoms with Crippen LogP contribution in [0.2, 0.25) is 0 Å². The normalized spacial score (nSPS) is 28.2. The van der Waals surface area contributed by atoms with E-state index in [0.29, 0.717) is 0 Å². The highest BCUT2D eigenvalue weighted by Crippen LogP contribution is 2.43. The van der Waals surface area contributed by atoms with Crippen LogP contribution < -0.4 is 5.32 Å². The predicted octanol–water partition coefficient (Wildman–Crippen LogP) is 0.434.